The Bertz CT molecular complexity index is 2150. The molecular formula is C48H64N8O8+4. The Morgan fingerprint density at radius 2 is 1.17 bits per heavy atom. The average Bonchev–Trinajstić information content (AvgIpc) is 4.06. The quantitative estimate of drug-likeness (QED) is 0.0531. The number of nitrogens with zero attached hydrogens (tertiary/aromatic N) is 1. The van der Waals surface area contributed by atoms with Crippen LogP contribution < -0.4 is 38.9 Å². The van der Waals surface area contributed by atoms with E-state index in [-0.39, 0.29) is 18.9 Å². The third kappa shape index (κ3) is 20.8. The van der Waals surface area contributed by atoms with Gasteiger partial charge in [0.2, 0.25) is 6.23 Å². The van der Waals surface area contributed by atoms with Crippen molar-refractivity contribution in [2.45, 2.75) is 31.7 Å². The normalized spacial score (nSPS) is 13.5. The number of quaternary nitrogens is 2. The molecule has 3 heterocycles. The second-order valence-electron chi connectivity index (χ2n) is 13.0. The second kappa shape index (κ2) is 33.1. The molecule has 0 amide bonds. The molecule has 0 saturated carbocycles. The highest BCUT2D eigenvalue weighted by atomic mass is 16.3. The Morgan fingerprint density at radius 3 is 1.70 bits per heavy atom. The van der Waals surface area contributed by atoms with Gasteiger partial charge < -0.3 is 63.7 Å². The van der Waals surface area contributed by atoms with Gasteiger partial charge in [0.1, 0.15) is 17.7 Å². The van der Waals surface area contributed by atoms with Gasteiger partial charge in [-0.25, -0.2) is 0 Å². The first-order valence-electron chi connectivity index (χ1n) is 19.8. The van der Waals surface area contributed by atoms with Crippen LogP contribution in [0.4, 0.5) is 45.5 Å². The van der Waals surface area contributed by atoms with Crippen molar-refractivity contribution in [2.75, 3.05) is 42.5 Å². The molecule has 2 unspecified atom stereocenters. The molecule has 6 aromatic rings. The lowest BCUT2D eigenvalue weighted by atomic mass is 10.1. The van der Waals surface area contributed by atoms with Gasteiger partial charge in [-0.05, 0) is 59.7 Å². The van der Waals surface area contributed by atoms with Crippen LogP contribution in [0.15, 0.2) is 157 Å². The fourth-order valence-corrected chi connectivity index (χ4v) is 5.68. The Balaban J connectivity index is 0.000000374. The minimum atomic E-state index is -0.252. The number of anilines is 5. The molecule has 0 radical (unpaired) electrons. The highest BCUT2D eigenvalue weighted by molar-refractivity contribution is 5.70. The fourth-order valence-electron chi connectivity index (χ4n) is 5.68. The first-order chi connectivity index (χ1) is 31.1. The minimum absolute atomic E-state index is 0. The zero-order valence-corrected chi connectivity index (χ0v) is 36.0. The van der Waals surface area contributed by atoms with Crippen molar-refractivity contribution in [1.29, 1.82) is 0 Å². The van der Waals surface area contributed by atoms with Gasteiger partial charge in [-0.15, -0.1) is 0 Å². The lowest BCUT2D eigenvalue weighted by Crippen LogP contribution is -2.82. The van der Waals surface area contributed by atoms with Gasteiger partial charge in [-0.3, -0.25) is 10.6 Å². The number of para-hydroxylation sites is 8. The Hall–Kier alpha value is -7.57. The van der Waals surface area contributed by atoms with E-state index in [1.54, 1.807) is 30.3 Å². The molecule has 3 aliphatic heterocycles. The van der Waals surface area contributed by atoms with Crippen molar-refractivity contribution in [3.05, 3.63) is 174 Å². The van der Waals surface area contributed by atoms with Crippen LogP contribution >= 0.6 is 0 Å². The van der Waals surface area contributed by atoms with E-state index < -0.39 is 0 Å². The van der Waals surface area contributed by atoms with E-state index >= 15 is 0 Å². The molecule has 340 valence electrons. The van der Waals surface area contributed by atoms with Crippen molar-refractivity contribution >= 4 is 70.7 Å². The van der Waals surface area contributed by atoms with E-state index in [1.807, 2.05) is 120 Å². The number of aliphatic hydroxyl groups excluding tert-OH is 4. The molecular weight excluding hydrogens is 817 g/mol. The number of carbonyl (C=O) groups is 2. The van der Waals surface area contributed by atoms with Gasteiger partial charge in [-0.2, -0.15) is 4.99 Å². The van der Waals surface area contributed by atoms with Crippen molar-refractivity contribution in [2.24, 2.45) is 4.99 Å². The van der Waals surface area contributed by atoms with Crippen LogP contribution in [-0.2, 0) is 28.9 Å². The van der Waals surface area contributed by atoms with E-state index in [0.717, 1.165) is 62.1 Å². The molecule has 0 aliphatic carbocycles. The maximum absolute atomic E-state index is 10.1. The van der Waals surface area contributed by atoms with Crippen LogP contribution in [0, 0.1) is 0 Å². The zero-order chi connectivity index (χ0) is 47.5. The highest BCUT2D eigenvalue weighted by Gasteiger charge is 2.22. The second-order valence-corrected chi connectivity index (χ2v) is 13.0. The summed E-state index contributed by atoms with van der Waals surface area (Å²) in [5.41, 5.74) is 33.4. The molecule has 6 aromatic carbocycles. The Morgan fingerprint density at radius 1 is 0.672 bits per heavy atom. The maximum Gasteiger partial charge on any atom is 0.505 e. The summed E-state index contributed by atoms with van der Waals surface area (Å²) in [6.07, 6.45) is 6.87. The number of nitrogen functional groups attached to an aromatic ring is 4. The van der Waals surface area contributed by atoms with Crippen LogP contribution in [-0.4, -0.2) is 76.4 Å². The number of aldehydes is 1. The molecule has 3 aliphatic rings. The van der Waals surface area contributed by atoms with Gasteiger partial charge in [0.15, 0.2) is 18.3 Å². The summed E-state index contributed by atoms with van der Waals surface area (Å²) in [5.74, 6) is 0. The SMILES string of the molecule is C1=Nc2ccccc2[NH2+]1.CO.CO.Nc1ccccc1/C=C/O.Nc1ccccc1CC=O.Nc1ccccc1N.O=C[OH2+].OC1Cc2ccccc2[NH2+]1.[OH2+]C1Cc2ccccc2N1. The number of fused-ring (bicyclic) bond motifs is 3. The summed E-state index contributed by atoms with van der Waals surface area (Å²) in [7, 11) is 2.00. The average molecular weight is 881 g/mol. The van der Waals surface area contributed by atoms with Crippen molar-refractivity contribution in [1.82, 2.24) is 0 Å². The van der Waals surface area contributed by atoms with Gasteiger partial charge in [0.25, 0.3) is 0 Å². The first kappa shape index (κ1) is 54.4. The van der Waals surface area contributed by atoms with Gasteiger partial charge in [0, 0.05) is 59.7 Å². The number of carbonyl (C=O) groups excluding carboxylic acids is 2. The fraction of sp³-hybridized carbons (Fsp3) is 0.146. The van der Waals surface area contributed by atoms with Crippen molar-refractivity contribution < 1.29 is 50.9 Å². The molecule has 9 rings (SSSR count). The largest absolute Gasteiger partial charge is 0.567 e. The number of aliphatic hydroxyl groups is 4. The molecule has 0 spiro atoms. The number of benzene rings is 6. The predicted molar refractivity (Wildman–Crippen MR) is 259 cm³/mol. The molecule has 16 nitrogen and oxygen atoms in total. The first-order valence-corrected chi connectivity index (χ1v) is 19.8. The Kier molecular flexibility index (Phi) is 28.2. The van der Waals surface area contributed by atoms with Crippen LogP contribution in [0.25, 0.3) is 6.08 Å². The van der Waals surface area contributed by atoms with Crippen molar-refractivity contribution in [3.8, 4) is 0 Å². The summed E-state index contributed by atoms with van der Waals surface area (Å²) >= 11 is 0. The smallest absolute Gasteiger partial charge is 0.505 e. The van der Waals surface area contributed by atoms with E-state index in [0.29, 0.717) is 29.2 Å². The number of rotatable bonds is 3. The highest BCUT2D eigenvalue weighted by Crippen LogP contribution is 2.23. The van der Waals surface area contributed by atoms with Gasteiger partial charge >= 0.3 is 6.47 Å². The number of hydrogen-bond donors (Lipinski definition) is 11. The monoisotopic (exact) mass is 880 g/mol. The number of hydrogen-bond acceptors (Lipinski definition) is 12. The molecule has 0 aromatic heterocycles. The predicted octanol–water partition coefficient (Wildman–Crippen LogP) is 2.76. The number of aliphatic imine (C=N–C) groups is 1. The maximum atomic E-state index is 10.1. The molecule has 64 heavy (non-hydrogen) atoms. The zero-order valence-electron chi connectivity index (χ0n) is 36.0. The van der Waals surface area contributed by atoms with Crippen LogP contribution in [0.2, 0.25) is 0 Å². The Labute approximate surface area is 373 Å². The number of nitrogens with one attached hydrogen (secondary N) is 1. The lowest BCUT2D eigenvalue weighted by Gasteiger charge is -1.97. The molecule has 0 fully saturated rings. The summed E-state index contributed by atoms with van der Waals surface area (Å²) < 4.78 is 0. The van der Waals surface area contributed by atoms with Gasteiger partial charge in [0.05, 0.1) is 30.5 Å². The summed E-state index contributed by atoms with van der Waals surface area (Å²) in [6.45, 7) is 0. The third-order valence-electron chi connectivity index (χ3n) is 8.64. The molecule has 21 N–H and O–H groups in total. The summed E-state index contributed by atoms with van der Waals surface area (Å²) in [4.78, 5) is 22.7. The van der Waals surface area contributed by atoms with Gasteiger partial charge in [-0.1, -0.05) is 97.1 Å². The van der Waals surface area contributed by atoms with E-state index in [1.165, 1.54) is 22.5 Å². The molecule has 16 heteroatoms. The van der Waals surface area contributed by atoms with E-state index in [9.17, 15) is 9.90 Å². The molecule has 0 bridgehead atoms. The van der Waals surface area contributed by atoms with Crippen molar-refractivity contribution in [3.63, 3.8) is 0 Å². The lowest BCUT2D eigenvalue weighted by molar-refractivity contribution is -0.642. The van der Waals surface area contributed by atoms with Crippen LogP contribution in [0.5, 0.6) is 0 Å². The van der Waals surface area contributed by atoms with E-state index in [4.69, 9.17) is 53.3 Å². The molecule has 2 atom stereocenters. The van der Waals surface area contributed by atoms with Crippen LogP contribution in [0.3, 0.4) is 0 Å². The topological polar surface area (TPSA) is 323 Å². The minimum Gasteiger partial charge on any atom is -0.567 e. The summed E-state index contributed by atoms with van der Waals surface area (Å²) in [6, 6.07) is 46.2. The third-order valence-corrected chi connectivity index (χ3v) is 8.64. The van der Waals surface area contributed by atoms with Crippen LogP contribution in [0.1, 0.15) is 22.3 Å². The summed E-state index contributed by atoms with van der Waals surface area (Å²) in [5, 5.41) is 51.5. The van der Waals surface area contributed by atoms with E-state index in [2.05, 4.69) is 28.5 Å². The number of nitrogens with two attached hydrogens (primary N) is 6. The standard InChI is InChI=1S/4C8H9NO.C7H6N2.C6H8N2.CH2O2.2CH4O/c2*10-8-5-6-3-1-2-4-7(6)9-8;2*9-8-4-2-1-3-7(8)5-6-10;1-2-4-7-6(3-1)8-5-9-7;7-5-3-1-2-4-6(5)8;2-1-3;2*1-2/h2*1-4,8-10H,5H2;1-4,6H,5,9H2;1-6,10H,9H2;1-5H,(H,8,9);1-4H,7-8H2;1H,(H,2,3);2*2H,1H3/p+4/b;;;6-5+;;;;;. The molecule has 0 saturated heterocycles.